The second-order valence-electron chi connectivity index (χ2n) is 9.35. The summed E-state index contributed by atoms with van der Waals surface area (Å²) < 4.78 is 10.5. The molecular weight excluding hydrogens is 491 g/mol. The minimum absolute atomic E-state index is 0. The molecule has 0 saturated heterocycles. The molecular formula is C30H33KN2O4. The summed E-state index contributed by atoms with van der Waals surface area (Å²) in [6.07, 6.45) is 0.380. The van der Waals surface area contributed by atoms with E-state index in [0.717, 1.165) is 28.2 Å². The quantitative estimate of drug-likeness (QED) is 0.396. The third-order valence-electron chi connectivity index (χ3n) is 6.55. The van der Waals surface area contributed by atoms with E-state index in [2.05, 4.69) is 0 Å². The summed E-state index contributed by atoms with van der Waals surface area (Å²) in [5.41, 5.74) is 3.37. The molecule has 0 unspecified atom stereocenters. The van der Waals surface area contributed by atoms with Gasteiger partial charge in [0.25, 0.3) is 0 Å². The molecule has 1 aliphatic heterocycles. The molecule has 3 aromatic rings. The average molecular weight is 525 g/mol. The molecule has 0 radical (unpaired) electrons. The zero-order valence-corrected chi connectivity index (χ0v) is 25.4. The minimum atomic E-state index is -0.558. The number of rotatable bonds is 9. The third-order valence-corrected chi connectivity index (χ3v) is 6.55. The van der Waals surface area contributed by atoms with Gasteiger partial charge in [-0.2, -0.15) is 0 Å². The fourth-order valence-electron chi connectivity index (χ4n) is 4.62. The Balaban J connectivity index is 0.00000380. The molecule has 0 N–H and O–H groups in total. The largest absolute Gasteiger partial charge is 1.00 e. The summed E-state index contributed by atoms with van der Waals surface area (Å²) in [5.74, 6) is 1.29. The Labute approximate surface area is 262 Å². The maximum Gasteiger partial charge on any atom is 1.00 e. The zero-order valence-electron chi connectivity index (χ0n) is 22.3. The number of hydrogen-bond acceptors (Lipinski definition) is 5. The molecule has 1 atom stereocenters. The van der Waals surface area contributed by atoms with Crippen LogP contribution in [-0.2, 0) is 24.3 Å². The van der Waals surface area contributed by atoms with Crippen LogP contribution in [0.1, 0.15) is 30.5 Å². The summed E-state index contributed by atoms with van der Waals surface area (Å²) in [7, 11) is 3.25. The number of amides is 1. The number of carbonyl (C=O) groups is 1. The Kier molecular flexibility index (Phi) is 10.7. The fourth-order valence-corrected chi connectivity index (χ4v) is 4.62. The van der Waals surface area contributed by atoms with Gasteiger partial charge in [-0.25, -0.2) is 0 Å². The van der Waals surface area contributed by atoms with Crippen molar-refractivity contribution in [2.75, 3.05) is 14.2 Å². The molecule has 0 aliphatic carbocycles. The van der Waals surface area contributed by atoms with Crippen LogP contribution in [0.5, 0.6) is 11.5 Å². The summed E-state index contributed by atoms with van der Waals surface area (Å²) in [4.78, 5) is 17.4. The number of ether oxygens (including phenoxy) is 2. The van der Waals surface area contributed by atoms with E-state index in [1.165, 1.54) is 0 Å². The predicted molar refractivity (Wildman–Crippen MR) is 138 cm³/mol. The first-order valence-electron chi connectivity index (χ1n) is 12.2. The SMILES string of the molecule is COc1ccc(CN2C(=O)[C@H](C(C)C)N(Cc3ccc(OC)cc3)C([O-])=C2Cc2ccccc2)cc1.[K+]. The van der Waals surface area contributed by atoms with E-state index < -0.39 is 6.04 Å². The Morgan fingerprint density at radius 2 is 1.30 bits per heavy atom. The summed E-state index contributed by atoms with van der Waals surface area (Å²) in [6.45, 7) is 4.66. The molecule has 1 amide bonds. The van der Waals surface area contributed by atoms with E-state index in [9.17, 15) is 9.90 Å². The van der Waals surface area contributed by atoms with Gasteiger partial charge in [0.1, 0.15) is 17.5 Å². The normalized spacial score (nSPS) is 15.6. The van der Waals surface area contributed by atoms with Crippen LogP contribution >= 0.6 is 0 Å². The minimum Gasteiger partial charge on any atom is -0.859 e. The van der Waals surface area contributed by atoms with E-state index >= 15 is 0 Å². The topological polar surface area (TPSA) is 65.1 Å². The first kappa shape index (κ1) is 29.3. The second kappa shape index (κ2) is 13.5. The number of benzene rings is 3. The van der Waals surface area contributed by atoms with Gasteiger partial charge in [-0.15, -0.1) is 0 Å². The smallest absolute Gasteiger partial charge is 0.859 e. The molecule has 0 bridgehead atoms. The molecule has 1 aliphatic rings. The molecule has 188 valence electrons. The van der Waals surface area contributed by atoms with Crippen molar-refractivity contribution in [1.82, 2.24) is 9.80 Å². The molecule has 3 aromatic carbocycles. The van der Waals surface area contributed by atoms with Crippen LogP contribution in [0, 0.1) is 5.92 Å². The second-order valence-corrected chi connectivity index (χ2v) is 9.35. The Morgan fingerprint density at radius 3 is 1.78 bits per heavy atom. The Hall–Kier alpha value is -2.29. The molecule has 37 heavy (non-hydrogen) atoms. The number of nitrogens with zero attached hydrogens (tertiary/aromatic N) is 2. The summed E-state index contributed by atoms with van der Waals surface area (Å²) in [5, 5.41) is 14.1. The van der Waals surface area contributed by atoms with Gasteiger partial charge >= 0.3 is 51.4 Å². The molecule has 0 spiro atoms. The fraction of sp³-hybridized carbons (Fsp3) is 0.300. The van der Waals surface area contributed by atoms with Crippen LogP contribution in [0.3, 0.4) is 0 Å². The van der Waals surface area contributed by atoms with Gasteiger partial charge in [0, 0.05) is 18.7 Å². The molecule has 4 rings (SSSR count). The van der Waals surface area contributed by atoms with E-state index in [-0.39, 0.29) is 69.1 Å². The van der Waals surface area contributed by atoms with Gasteiger partial charge in [0.05, 0.1) is 20.8 Å². The standard InChI is InChI=1S/C30H34N2O4.K/c1-21(2)28-30(34)31(19-23-10-14-25(35-3)15-11-23)27(18-22-8-6-5-7-9-22)29(33)32(28)20-24-12-16-26(36-4)17-13-24;/h5-17,21,28,33H,18-20H2,1-4H3;/q;+1/p-1/t28-;/m0./s1. The average Bonchev–Trinajstić information content (AvgIpc) is 2.90. The monoisotopic (exact) mass is 524 g/mol. The first-order chi connectivity index (χ1) is 17.4. The van der Waals surface area contributed by atoms with Crippen molar-refractivity contribution >= 4 is 5.91 Å². The van der Waals surface area contributed by atoms with Crippen molar-refractivity contribution in [2.24, 2.45) is 5.92 Å². The predicted octanol–water partition coefficient (Wildman–Crippen LogP) is 1.35. The van der Waals surface area contributed by atoms with Crippen LogP contribution in [0.4, 0.5) is 0 Å². The first-order valence-corrected chi connectivity index (χ1v) is 12.2. The van der Waals surface area contributed by atoms with Crippen molar-refractivity contribution in [1.29, 1.82) is 0 Å². The van der Waals surface area contributed by atoms with E-state index in [0.29, 0.717) is 25.2 Å². The van der Waals surface area contributed by atoms with Crippen molar-refractivity contribution < 1.29 is 70.8 Å². The molecule has 7 heteroatoms. The summed E-state index contributed by atoms with van der Waals surface area (Å²) >= 11 is 0. The molecule has 1 heterocycles. The number of methoxy groups -OCH3 is 2. The van der Waals surface area contributed by atoms with Gasteiger partial charge in [-0.05, 0) is 52.8 Å². The van der Waals surface area contributed by atoms with Gasteiger partial charge in [-0.1, -0.05) is 68.4 Å². The van der Waals surface area contributed by atoms with E-state index in [1.807, 2.05) is 92.7 Å². The number of hydrogen-bond donors (Lipinski definition) is 0. The molecule has 0 saturated carbocycles. The maximum absolute atomic E-state index is 14.1. The maximum atomic E-state index is 14.1. The molecule has 0 fully saturated rings. The Bertz CT molecular complexity index is 1190. The van der Waals surface area contributed by atoms with E-state index in [1.54, 1.807) is 24.0 Å². The van der Waals surface area contributed by atoms with Gasteiger partial charge in [0.15, 0.2) is 0 Å². The summed E-state index contributed by atoms with van der Waals surface area (Å²) in [6, 6.07) is 24.5. The van der Waals surface area contributed by atoms with Crippen LogP contribution in [0.15, 0.2) is 90.4 Å². The van der Waals surface area contributed by atoms with Gasteiger partial charge in [0.2, 0.25) is 5.91 Å². The molecule has 0 aromatic heterocycles. The van der Waals surface area contributed by atoms with Crippen molar-refractivity contribution in [3.8, 4) is 11.5 Å². The van der Waals surface area contributed by atoms with E-state index in [4.69, 9.17) is 9.47 Å². The van der Waals surface area contributed by atoms with Gasteiger partial charge in [-0.3, -0.25) is 4.79 Å². The zero-order chi connectivity index (χ0) is 25.7. The van der Waals surface area contributed by atoms with Crippen molar-refractivity contribution in [3.05, 3.63) is 107 Å². The van der Waals surface area contributed by atoms with Crippen LogP contribution < -0.4 is 66.0 Å². The van der Waals surface area contributed by atoms with Crippen LogP contribution in [0.2, 0.25) is 0 Å². The third kappa shape index (κ3) is 6.97. The Morgan fingerprint density at radius 1 is 0.784 bits per heavy atom. The number of allylic oxidation sites excluding steroid dienone is 1. The number of carbonyl (C=O) groups excluding carboxylic acids is 1. The molecule has 6 nitrogen and oxygen atoms in total. The van der Waals surface area contributed by atoms with Crippen molar-refractivity contribution in [2.45, 2.75) is 39.4 Å². The van der Waals surface area contributed by atoms with Crippen molar-refractivity contribution in [3.63, 3.8) is 0 Å². The van der Waals surface area contributed by atoms with Crippen LogP contribution in [-0.4, -0.2) is 36.0 Å². The van der Waals surface area contributed by atoms with Crippen LogP contribution in [0.25, 0.3) is 0 Å². The van der Waals surface area contributed by atoms with Gasteiger partial charge < -0.3 is 24.4 Å².